The zero-order valence-corrected chi connectivity index (χ0v) is 14.3. The molecule has 0 heterocycles. The Morgan fingerprint density at radius 3 is 2.83 bits per heavy atom. The fraction of sp³-hybridized carbons (Fsp3) is 0.556. The van der Waals surface area contributed by atoms with Crippen LogP contribution in [-0.4, -0.2) is 31.7 Å². The number of anilines is 1. The number of nitrogens with one attached hydrogen (secondary N) is 1. The average molecular weight is 333 g/mol. The minimum atomic E-state index is -0.130. The number of aliphatic imine (C=N–C) groups is 1. The van der Waals surface area contributed by atoms with Crippen molar-refractivity contribution in [3.63, 3.8) is 0 Å². The summed E-state index contributed by atoms with van der Waals surface area (Å²) >= 11 is 0. The van der Waals surface area contributed by atoms with Crippen LogP contribution >= 0.6 is 0 Å². The highest BCUT2D eigenvalue weighted by molar-refractivity contribution is 5.92. The zero-order valence-electron chi connectivity index (χ0n) is 14.3. The second-order valence-electron chi connectivity index (χ2n) is 5.98. The van der Waals surface area contributed by atoms with Gasteiger partial charge in [0.2, 0.25) is 0 Å². The molecule has 0 bridgehead atoms. The third-order valence-corrected chi connectivity index (χ3v) is 4.00. The lowest BCUT2D eigenvalue weighted by Gasteiger charge is -2.11. The van der Waals surface area contributed by atoms with E-state index in [0.717, 1.165) is 36.9 Å². The molecule has 0 aromatic heterocycles. The molecular weight excluding hydrogens is 306 g/mol. The number of carbonyl (C=O) groups excluding carboxylic acids is 1. The fourth-order valence-electron chi connectivity index (χ4n) is 2.78. The Labute approximate surface area is 143 Å². The quantitative estimate of drug-likeness (QED) is 0.331. The van der Waals surface area contributed by atoms with Gasteiger partial charge in [-0.25, -0.2) is 0 Å². The number of rotatable bonds is 8. The van der Waals surface area contributed by atoms with E-state index in [1.165, 1.54) is 0 Å². The van der Waals surface area contributed by atoms with Crippen LogP contribution in [0.25, 0.3) is 0 Å². The average Bonchev–Trinajstić information content (AvgIpc) is 3.06. The molecule has 1 aliphatic rings. The van der Waals surface area contributed by atoms with Gasteiger partial charge >= 0.3 is 5.97 Å². The molecule has 1 aliphatic carbocycles. The number of para-hydroxylation sites is 1. The Hall–Kier alpha value is -2.08. The molecule has 24 heavy (non-hydrogen) atoms. The summed E-state index contributed by atoms with van der Waals surface area (Å²) in [5, 5.41) is 3.07. The van der Waals surface area contributed by atoms with Crippen molar-refractivity contribution in [2.45, 2.75) is 51.2 Å². The van der Waals surface area contributed by atoms with E-state index in [0.29, 0.717) is 32.0 Å². The van der Waals surface area contributed by atoms with Gasteiger partial charge in [-0.1, -0.05) is 18.2 Å². The number of hydrogen-bond donors (Lipinski definition) is 2. The Morgan fingerprint density at radius 2 is 2.08 bits per heavy atom. The molecule has 1 saturated carbocycles. The van der Waals surface area contributed by atoms with Crippen LogP contribution in [0.4, 0.5) is 5.69 Å². The van der Waals surface area contributed by atoms with Gasteiger partial charge in [0.25, 0.3) is 0 Å². The van der Waals surface area contributed by atoms with Gasteiger partial charge in [-0.05, 0) is 38.2 Å². The largest absolute Gasteiger partial charge is 0.462 e. The van der Waals surface area contributed by atoms with Gasteiger partial charge in [0.1, 0.15) is 6.10 Å². The monoisotopic (exact) mass is 333 g/mol. The summed E-state index contributed by atoms with van der Waals surface area (Å²) in [4.78, 5) is 16.0. The van der Waals surface area contributed by atoms with Crippen LogP contribution in [0.2, 0.25) is 0 Å². The van der Waals surface area contributed by atoms with Gasteiger partial charge < -0.3 is 20.5 Å². The summed E-state index contributed by atoms with van der Waals surface area (Å²) in [6.07, 6.45) is 5.47. The van der Waals surface area contributed by atoms with Gasteiger partial charge in [-0.3, -0.25) is 9.79 Å². The first-order valence-electron chi connectivity index (χ1n) is 8.52. The van der Waals surface area contributed by atoms with Crippen molar-refractivity contribution in [3.8, 4) is 0 Å². The molecule has 0 aliphatic heterocycles. The van der Waals surface area contributed by atoms with Crippen molar-refractivity contribution in [1.82, 2.24) is 0 Å². The Balaban J connectivity index is 1.71. The Morgan fingerprint density at radius 1 is 1.33 bits per heavy atom. The second kappa shape index (κ2) is 9.93. The number of ether oxygens (including phenoxy) is 2. The van der Waals surface area contributed by atoms with E-state index in [-0.39, 0.29) is 12.1 Å². The summed E-state index contributed by atoms with van der Waals surface area (Å²) in [5.74, 6) is 0.205. The molecule has 6 nitrogen and oxygen atoms in total. The maximum atomic E-state index is 11.7. The molecule has 6 heteroatoms. The van der Waals surface area contributed by atoms with E-state index in [9.17, 15) is 4.79 Å². The first kappa shape index (κ1) is 18.3. The number of nitrogens with two attached hydrogens (primary N) is 1. The summed E-state index contributed by atoms with van der Waals surface area (Å²) < 4.78 is 10.6. The summed E-state index contributed by atoms with van der Waals surface area (Å²) in [7, 11) is 1.65. The molecule has 2 rings (SSSR count). The number of benzene rings is 1. The maximum Gasteiger partial charge on any atom is 0.306 e. The molecule has 3 N–H and O–H groups in total. The van der Waals surface area contributed by atoms with Crippen molar-refractivity contribution in [3.05, 3.63) is 29.8 Å². The number of guanidine groups is 1. The normalized spacial score (nSPS) is 15.5. The van der Waals surface area contributed by atoms with Crippen LogP contribution in [-0.2, 0) is 20.9 Å². The van der Waals surface area contributed by atoms with Crippen molar-refractivity contribution < 1.29 is 14.3 Å². The minimum absolute atomic E-state index is 0.130. The Kier molecular flexibility index (Phi) is 7.55. The summed E-state index contributed by atoms with van der Waals surface area (Å²) in [6.45, 7) is 0.995. The van der Waals surface area contributed by atoms with Gasteiger partial charge in [-0.2, -0.15) is 0 Å². The molecule has 1 aromatic carbocycles. The number of methoxy groups -OCH3 is 1. The topological polar surface area (TPSA) is 85.9 Å². The molecule has 1 aromatic rings. The molecule has 0 spiro atoms. The fourth-order valence-corrected chi connectivity index (χ4v) is 2.78. The lowest BCUT2D eigenvalue weighted by Crippen LogP contribution is -2.23. The highest BCUT2D eigenvalue weighted by atomic mass is 16.5. The van der Waals surface area contributed by atoms with Crippen LogP contribution in [0.3, 0.4) is 0 Å². The van der Waals surface area contributed by atoms with Crippen LogP contribution in [0, 0.1) is 0 Å². The molecule has 0 unspecified atom stereocenters. The number of esters is 1. The third-order valence-electron chi connectivity index (χ3n) is 4.00. The smallest absolute Gasteiger partial charge is 0.306 e. The molecule has 0 atom stereocenters. The van der Waals surface area contributed by atoms with Gasteiger partial charge in [0.05, 0.1) is 6.61 Å². The number of hydrogen-bond acceptors (Lipinski definition) is 4. The second-order valence-corrected chi connectivity index (χ2v) is 5.98. The first-order valence-corrected chi connectivity index (χ1v) is 8.52. The van der Waals surface area contributed by atoms with Crippen molar-refractivity contribution >= 4 is 17.6 Å². The Bertz CT molecular complexity index is 554. The van der Waals surface area contributed by atoms with Crippen molar-refractivity contribution in [1.29, 1.82) is 0 Å². The van der Waals surface area contributed by atoms with Crippen molar-refractivity contribution in [2.75, 3.05) is 19.0 Å². The predicted octanol–water partition coefficient (Wildman–Crippen LogP) is 2.83. The molecule has 1 fully saturated rings. The molecule has 0 amide bonds. The standard InChI is InChI=1S/C18H27N3O3/c1-23-13-14-7-2-5-10-16(14)21-18(19)20-12-6-11-17(22)24-15-8-3-4-9-15/h2,5,7,10,15H,3-4,6,8-9,11-13H2,1H3,(H3,19,20,21). The van der Waals surface area contributed by atoms with Crippen LogP contribution in [0.1, 0.15) is 44.1 Å². The third kappa shape index (κ3) is 6.20. The van der Waals surface area contributed by atoms with Crippen LogP contribution < -0.4 is 11.1 Å². The minimum Gasteiger partial charge on any atom is -0.462 e. The maximum absolute atomic E-state index is 11.7. The van der Waals surface area contributed by atoms with E-state index in [4.69, 9.17) is 15.2 Å². The molecular formula is C18H27N3O3. The van der Waals surface area contributed by atoms with E-state index in [1.54, 1.807) is 7.11 Å². The molecule has 132 valence electrons. The van der Waals surface area contributed by atoms with Crippen LogP contribution in [0.15, 0.2) is 29.3 Å². The van der Waals surface area contributed by atoms with Gasteiger partial charge in [0, 0.05) is 31.3 Å². The number of nitrogens with zero attached hydrogens (tertiary/aromatic N) is 1. The SMILES string of the molecule is COCc1ccccc1NC(N)=NCCCC(=O)OC1CCCC1. The molecule has 0 radical (unpaired) electrons. The molecule has 0 saturated heterocycles. The highest BCUT2D eigenvalue weighted by Gasteiger charge is 2.18. The summed E-state index contributed by atoms with van der Waals surface area (Å²) in [5.41, 5.74) is 7.79. The van der Waals surface area contributed by atoms with E-state index < -0.39 is 0 Å². The van der Waals surface area contributed by atoms with E-state index in [1.807, 2.05) is 24.3 Å². The zero-order chi connectivity index (χ0) is 17.2. The number of carbonyl (C=O) groups is 1. The lowest BCUT2D eigenvalue weighted by molar-refractivity contribution is -0.148. The van der Waals surface area contributed by atoms with E-state index in [2.05, 4.69) is 10.3 Å². The predicted molar refractivity (Wildman–Crippen MR) is 94.8 cm³/mol. The lowest BCUT2D eigenvalue weighted by atomic mass is 10.2. The van der Waals surface area contributed by atoms with Crippen LogP contribution in [0.5, 0.6) is 0 Å². The van der Waals surface area contributed by atoms with Gasteiger partial charge in [0.15, 0.2) is 5.96 Å². The van der Waals surface area contributed by atoms with E-state index >= 15 is 0 Å². The highest BCUT2D eigenvalue weighted by Crippen LogP contribution is 2.21. The van der Waals surface area contributed by atoms with Crippen molar-refractivity contribution in [2.24, 2.45) is 10.7 Å². The first-order chi connectivity index (χ1) is 11.7. The summed E-state index contributed by atoms with van der Waals surface area (Å²) in [6, 6.07) is 7.77. The van der Waals surface area contributed by atoms with Gasteiger partial charge in [-0.15, -0.1) is 0 Å².